The molecule has 0 saturated heterocycles. The minimum atomic E-state index is 0.450. The van der Waals surface area contributed by atoms with Crippen molar-refractivity contribution < 1.29 is 0 Å². The molecule has 2 aromatic rings. The SMILES string of the molecule is CN(CCc1ccncc1)Cc1cccc(C(N)=S)c1. The largest absolute Gasteiger partial charge is 0.389 e. The summed E-state index contributed by atoms with van der Waals surface area (Å²) in [6.45, 7) is 1.89. The minimum Gasteiger partial charge on any atom is -0.389 e. The van der Waals surface area contributed by atoms with Gasteiger partial charge in [-0.05, 0) is 42.8 Å². The molecule has 0 atom stereocenters. The number of nitrogens with two attached hydrogens (primary N) is 1. The van der Waals surface area contributed by atoms with Crippen molar-refractivity contribution in [3.8, 4) is 0 Å². The second kappa shape index (κ2) is 7.12. The molecular weight excluding hydrogens is 266 g/mol. The Labute approximate surface area is 125 Å². The summed E-state index contributed by atoms with van der Waals surface area (Å²) in [6.07, 6.45) is 4.69. The van der Waals surface area contributed by atoms with Crippen LogP contribution in [0.3, 0.4) is 0 Å². The predicted octanol–water partition coefficient (Wildman–Crippen LogP) is 2.39. The lowest BCUT2D eigenvalue weighted by Crippen LogP contribution is -2.21. The quantitative estimate of drug-likeness (QED) is 0.828. The van der Waals surface area contributed by atoms with E-state index in [1.807, 2.05) is 24.5 Å². The Bertz CT molecular complexity index is 569. The lowest BCUT2D eigenvalue weighted by Gasteiger charge is -2.17. The molecule has 0 fully saturated rings. The lowest BCUT2D eigenvalue weighted by atomic mass is 10.1. The molecule has 0 bridgehead atoms. The number of nitrogens with zero attached hydrogens (tertiary/aromatic N) is 2. The van der Waals surface area contributed by atoms with Crippen molar-refractivity contribution in [3.63, 3.8) is 0 Å². The summed E-state index contributed by atoms with van der Waals surface area (Å²) < 4.78 is 0. The first-order chi connectivity index (χ1) is 9.65. The maximum atomic E-state index is 5.66. The van der Waals surface area contributed by atoms with Crippen LogP contribution in [-0.4, -0.2) is 28.5 Å². The fourth-order valence-electron chi connectivity index (χ4n) is 2.08. The van der Waals surface area contributed by atoms with Crippen molar-refractivity contribution in [2.24, 2.45) is 5.73 Å². The zero-order chi connectivity index (χ0) is 14.4. The van der Waals surface area contributed by atoms with Crippen LogP contribution in [-0.2, 0) is 13.0 Å². The molecule has 1 aromatic carbocycles. The first-order valence-corrected chi connectivity index (χ1v) is 7.02. The molecule has 104 valence electrons. The van der Waals surface area contributed by atoms with Gasteiger partial charge in [0.05, 0.1) is 0 Å². The van der Waals surface area contributed by atoms with E-state index in [-0.39, 0.29) is 0 Å². The number of benzene rings is 1. The molecular formula is C16H19N3S. The number of aromatic nitrogens is 1. The van der Waals surface area contributed by atoms with Crippen molar-refractivity contribution in [2.45, 2.75) is 13.0 Å². The van der Waals surface area contributed by atoms with E-state index in [1.165, 1.54) is 11.1 Å². The highest BCUT2D eigenvalue weighted by molar-refractivity contribution is 7.80. The average Bonchev–Trinajstić information content (AvgIpc) is 2.46. The van der Waals surface area contributed by atoms with Gasteiger partial charge in [0.1, 0.15) is 4.99 Å². The van der Waals surface area contributed by atoms with Crippen LogP contribution in [0.5, 0.6) is 0 Å². The average molecular weight is 285 g/mol. The van der Waals surface area contributed by atoms with E-state index in [2.05, 4.69) is 41.2 Å². The van der Waals surface area contributed by atoms with Crippen LogP contribution in [0.1, 0.15) is 16.7 Å². The molecule has 0 saturated carbocycles. The second-order valence-electron chi connectivity index (χ2n) is 4.91. The van der Waals surface area contributed by atoms with Crippen LogP contribution in [0.25, 0.3) is 0 Å². The highest BCUT2D eigenvalue weighted by atomic mass is 32.1. The molecule has 0 aliphatic rings. The Hall–Kier alpha value is -1.78. The van der Waals surface area contributed by atoms with Crippen molar-refractivity contribution in [1.82, 2.24) is 9.88 Å². The zero-order valence-corrected chi connectivity index (χ0v) is 12.4. The van der Waals surface area contributed by atoms with Crippen LogP contribution in [0.4, 0.5) is 0 Å². The highest BCUT2D eigenvalue weighted by Gasteiger charge is 2.03. The van der Waals surface area contributed by atoms with E-state index in [9.17, 15) is 0 Å². The third-order valence-electron chi connectivity index (χ3n) is 3.20. The van der Waals surface area contributed by atoms with Gasteiger partial charge < -0.3 is 10.6 Å². The number of hydrogen-bond donors (Lipinski definition) is 1. The molecule has 0 spiro atoms. The Morgan fingerprint density at radius 2 is 1.95 bits per heavy atom. The maximum absolute atomic E-state index is 5.66. The molecule has 0 amide bonds. The van der Waals surface area contributed by atoms with Crippen LogP contribution < -0.4 is 5.73 Å². The van der Waals surface area contributed by atoms with Crippen molar-refractivity contribution >= 4 is 17.2 Å². The van der Waals surface area contributed by atoms with Crippen molar-refractivity contribution in [3.05, 3.63) is 65.5 Å². The van der Waals surface area contributed by atoms with Crippen molar-refractivity contribution in [2.75, 3.05) is 13.6 Å². The molecule has 4 heteroatoms. The number of likely N-dealkylation sites (N-methyl/N-ethyl adjacent to an activating group) is 1. The van der Waals surface area contributed by atoms with Gasteiger partial charge >= 0.3 is 0 Å². The number of hydrogen-bond acceptors (Lipinski definition) is 3. The summed E-state index contributed by atoms with van der Waals surface area (Å²) in [5.41, 5.74) is 9.13. The minimum absolute atomic E-state index is 0.450. The fraction of sp³-hybridized carbons (Fsp3) is 0.250. The highest BCUT2D eigenvalue weighted by Crippen LogP contribution is 2.08. The molecule has 0 radical (unpaired) electrons. The first kappa shape index (κ1) is 14.6. The van der Waals surface area contributed by atoms with Gasteiger partial charge in [-0.3, -0.25) is 4.98 Å². The van der Waals surface area contributed by atoms with E-state index in [1.54, 1.807) is 0 Å². The molecule has 0 aliphatic heterocycles. The molecule has 3 nitrogen and oxygen atoms in total. The molecule has 2 rings (SSSR count). The fourth-order valence-corrected chi connectivity index (χ4v) is 2.21. The van der Waals surface area contributed by atoms with E-state index in [4.69, 9.17) is 18.0 Å². The van der Waals surface area contributed by atoms with Gasteiger partial charge in [0.25, 0.3) is 0 Å². The van der Waals surface area contributed by atoms with Gasteiger partial charge in [-0.25, -0.2) is 0 Å². The van der Waals surface area contributed by atoms with Crippen molar-refractivity contribution in [1.29, 1.82) is 0 Å². The molecule has 2 N–H and O–H groups in total. The van der Waals surface area contributed by atoms with Crippen LogP contribution in [0.15, 0.2) is 48.8 Å². The van der Waals surface area contributed by atoms with Gasteiger partial charge in [-0.2, -0.15) is 0 Å². The smallest absolute Gasteiger partial charge is 0.103 e. The molecule has 1 heterocycles. The predicted molar refractivity (Wildman–Crippen MR) is 86.6 cm³/mol. The molecule has 20 heavy (non-hydrogen) atoms. The lowest BCUT2D eigenvalue weighted by molar-refractivity contribution is 0.331. The summed E-state index contributed by atoms with van der Waals surface area (Å²) in [7, 11) is 2.12. The monoisotopic (exact) mass is 285 g/mol. The zero-order valence-electron chi connectivity index (χ0n) is 11.6. The third kappa shape index (κ3) is 4.40. The number of pyridine rings is 1. The summed E-state index contributed by atoms with van der Waals surface area (Å²) in [6, 6.07) is 12.2. The molecule has 1 aromatic heterocycles. The van der Waals surface area contributed by atoms with E-state index < -0.39 is 0 Å². The van der Waals surface area contributed by atoms with E-state index >= 15 is 0 Å². The molecule has 0 aliphatic carbocycles. The summed E-state index contributed by atoms with van der Waals surface area (Å²) in [5, 5.41) is 0. The Kier molecular flexibility index (Phi) is 5.21. The van der Waals surface area contributed by atoms with Crippen LogP contribution in [0.2, 0.25) is 0 Å². The van der Waals surface area contributed by atoms with Gasteiger partial charge in [-0.1, -0.05) is 30.4 Å². The molecule has 0 unspecified atom stereocenters. The van der Waals surface area contributed by atoms with Gasteiger partial charge in [0.2, 0.25) is 0 Å². The van der Waals surface area contributed by atoms with Crippen LogP contribution in [0, 0.1) is 0 Å². The Morgan fingerprint density at radius 1 is 1.20 bits per heavy atom. The summed E-state index contributed by atoms with van der Waals surface area (Å²) in [5.74, 6) is 0. The standard InChI is InChI=1S/C16H19N3S/c1-19(10-7-13-5-8-18-9-6-13)12-14-3-2-4-15(11-14)16(17)20/h2-6,8-9,11H,7,10,12H2,1H3,(H2,17,20). The Morgan fingerprint density at radius 3 is 2.65 bits per heavy atom. The van der Waals surface area contributed by atoms with Gasteiger partial charge in [0, 0.05) is 31.0 Å². The second-order valence-corrected chi connectivity index (χ2v) is 5.35. The number of thiocarbonyl (C=S) groups is 1. The third-order valence-corrected chi connectivity index (χ3v) is 3.43. The maximum Gasteiger partial charge on any atom is 0.103 e. The first-order valence-electron chi connectivity index (χ1n) is 6.61. The summed E-state index contributed by atoms with van der Waals surface area (Å²) >= 11 is 5.01. The van der Waals surface area contributed by atoms with E-state index in [0.29, 0.717) is 4.99 Å². The van der Waals surface area contributed by atoms with Gasteiger partial charge in [0.15, 0.2) is 0 Å². The summed E-state index contributed by atoms with van der Waals surface area (Å²) in [4.78, 5) is 6.77. The van der Waals surface area contributed by atoms with E-state index in [0.717, 1.165) is 25.1 Å². The number of rotatable bonds is 6. The Balaban J connectivity index is 1.89. The normalized spacial score (nSPS) is 10.7. The topological polar surface area (TPSA) is 42.2 Å². The van der Waals surface area contributed by atoms with Crippen LogP contribution >= 0.6 is 12.2 Å². The van der Waals surface area contributed by atoms with Gasteiger partial charge in [-0.15, -0.1) is 0 Å².